The van der Waals surface area contributed by atoms with Gasteiger partial charge in [-0.1, -0.05) is 18.0 Å². The minimum atomic E-state index is -3.61. The van der Waals surface area contributed by atoms with Crippen LogP contribution in [-0.2, 0) is 19.9 Å². The molecule has 2 aliphatic rings. The molecule has 2 aromatic rings. The van der Waals surface area contributed by atoms with E-state index in [-0.39, 0.29) is 16.2 Å². The molecule has 32 heavy (non-hydrogen) atoms. The van der Waals surface area contributed by atoms with Gasteiger partial charge >= 0.3 is 0 Å². The number of sulfone groups is 1. The molecule has 2 heterocycles. The van der Waals surface area contributed by atoms with Crippen LogP contribution in [-0.4, -0.2) is 51.9 Å². The Morgan fingerprint density at radius 3 is 2.16 bits per heavy atom. The number of piperidine rings is 1. The van der Waals surface area contributed by atoms with E-state index >= 15 is 0 Å². The van der Waals surface area contributed by atoms with Gasteiger partial charge in [0.2, 0.25) is 10.0 Å². The smallest absolute Gasteiger partial charge is 0.258 e. The van der Waals surface area contributed by atoms with Gasteiger partial charge < -0.3 is 4.90 Å². The van der Waals surface area contributed by atoms with Crippen LogP contribution in [0.25, 0.3) is 0 Å². The fourth-order valence-electron chi connectivity index (χ4n) is 3.94. The Hall–Kier alpha value is -2.20. The lowest BCUT2D eigenvalue weighted by molar-refractivity contribution is 0.0983. The second kappa shape index (κ2) is 8.97. The van der Waals surface area contributed by atoms with E-state index in [2.05, 4.69) is 0 Å². The maximum atomic E-state index is 13.4. The summed E-state index contributed by atoms with van der Waals surface area (Å²) in [6.07, 6.45) is 4.18. The first kappa shape index (κ1) is 23.0. The molecule has 1 fully saturated rings. The average molecular weight is 495 g/mol. The first-order chi connectivity index (χ1) is 15.2. The van der Waals surface area contributed by atoms with Gasteiger partial charge in [-0.3, -0.25) is 4.79 Å². The van der Waals surface area contributed by atoms with E-state index in [1.807, 2.05) is 0 Å². The Balaban J connectivity index is 1.64. The van der Waals surface area contributed by atoms with Crippen molar-refractivity contribution in [2.24, 2.45) is 0 Å². The Bertz CT molecular complexity index is 1230. The number of hydrogen-bond donors (Lipinski definition) is 0. The van der Waals surface area contributed by atoms with Crippen molar-refractivity contribution in [2.75, 3.05) is 23.7 Å². The monoisotopic (exact) mass is 494 g/mol. The highest BCUT2D eigenvalue weighted by molar-refractivity contribution is 7.94. The second-order valence-electron chi connectivity index (χ2n) is 7.87. The van der Waals surface area contributed by atoms with E-state index in [9.17, 15) is 21.6 Å². The van der Waals surface area contributed by atoms with Crippen LogP contribution < -0.4 is 4.90 Å². The van der Waals surface area contributed by atoms with Gasteiger partial charge in [0, 0.05) is 34.8 Å². The van der Waals surface area contributed by atoms with Crippen LogP contribution >= 0.6 is 11.6 Å². The normalized spacial score (nSPS) is 20.8. The van der Waals surface area contributed by atoms with Crippen LogP contribution in [0, 0.1) is 0 Å². The maximum absolute atomic E-state index is 13.4. The largest absolute Gasteiger partial charge is 0.300 e. The summed E-state index contributed by atoms with van der Waals surface area (Å²) in [4.78, 5) is 14.9. The molecule has 10 heteroatoms. The summed E-state index contributed by atoms with van der Waals surface area (Å²) in [5.74, 6) is -0.649. The molecule has 0 saturated carbocycles. The molecule has 7 nitrogen and oxygen atoms in total. The Kier molecular flexibility index (Phi) is 6.44. The SMILES string of the molecule is O=C(c1ccc(S(=O)(=O)N2CCCCC2)cc1)N(c1ccc(Cl)cc1)[C@@H]1C=CS(=O)(=O)C1. The van der Waals surface area contributed by atoms with Gasteiger partial charge in [0.15, 0.2) is 9.84 Å². The van der Waals surface area contributed by atoms with Crippen LogP contribution in [0.1, 0.15) is 29.6 Å². The van der Waals surface area contributed by atoms with E-state index in [4.69, 9.17) is 11.6 Å². The van der Waals surface area contributed by atoms with Crippen LogP contribution in [0.3, 0.4) is 0 Å². The molecule has 0 radical (unpaired) electrons. The summed E-state index contributed by atoms with van der Waals surface area (Å²) in [7, 11) is -7.01. The van der Waals surface area contributed by atoms with Crippen molar-refractivity contribution in [3.05, 3.63) is 70.6 Å². The number of carbonyl (C=O) groups excluding carboxylic acids is 1. The van der Waals surface area contributed by atoms with E-state index < -0.39 is 31.8 Å². The van der Waals surface area contributed by atoms with Crippen LogP contribution in [0.15, 0.2) is 64.9 Å². The highest BCUT2D eigenvalue weighted by Gasteiger charge is 2.32. The van der Waals surface area contributed by atoms with Crippen molar-refractivity contribution in [2.45, 2.75) is 30.2 Å². The third-order valence-electron chi connectivity index (χ3n) is 5.62. The van der Waals surface area contributed by atoms with E-state index in [1.165, 1.54) is 39.5 Å². The van der Waals surface area contributed by atoms with Crippen molar-refractivity contribution >= 4 is 43.1 Å². The number of nitrogens with zero attached hydrogens (tertiary/aromatic N) is 2. The Morgan fingerprint density at radius 1 is 0.969 bits per heavy atom. The summed E-state index contributed by atoms with van der Waals surface area (Å²) in [6, 6.07) is 11.7. The Morgan fingerprint density at radius 2 is 1.59 bits per heavy atom. The van der Waals surface area contributed by atoms with E-state index in [1.54, 1.807) is 24.3 Å². The number of carbonyl (C=O) groups is 1. The lowest BCUT2D eigenvalue weighted by Gasteiger charge is -2.28. The van der Waals surface area contributed by atoms with Crippen LogP contribution in [0.2, 0.25) is 5.02 Å². The molecule has 2 aliphatic heterocycles. The zero-order valence-electron chi connectivity index (χ0n) is 17.2. The van der Waals surface area contributed by atoms with Crippen LogP contribution in [0.4, 0.5) is 5.69 Å². The summed E-state index contributed by atoms with van der Waals surface area (Å²) >= 11 is 5.97. The first-order valence-electron chi connectivity index (χ1n) is 10.3. The molecular weight excluding hydrogens is 472 g/mol. The van der Waals surface area contributed by atoms with Crippen molar-refractivity contribution in [3.63, 3.8) is 0 Å². The molecular formula is C22H23ClN2O5S2. The summed E-state index contributed by atoms with van der Waals surface area (Å²) in [5.41, 5.74) is 0.756. The third-order valence-corrected chi connectivity index (χ3v) is 9.16. The van der Waals surface area contributed by atoms with Crippen molar-refractivity contribution in [1.82, 2.24) is 4.31 Å². The first-order valence-corrected chi connectivity index (χ1v) is 13.8. The number of amides is 1. The summed E-state index contributed by atoms with van der Waals surface area (Å²) < 4.78 is 51.2. The molecule has 170 valence electrons. The van der Waals surface area contributed by atoms with Crippen molar-refractivity contribution in [1.29, 1.82) is 0 Å². The van der Waals surface area contributed by atoms with Gasteiger partial charge in [-0.15, -0.1) is 0 Å². The lowest BCUT2D eigenvalue weighted by Crippen LogP contribution is -2.41. The highest BCUT2D eigenvalue weighted by atomic mass is 35.5. The third kappa shape index (κ3) is 4.76. The molecule has 0 spiro atoms. The molecule has 2 aromatic carbocycles. The van der Waals surface area contributed by atoms with Crippen molar-refractivity contribution in [3.8, 4) is 0 Å². The highest BCUT2D eigenvalue weighted by Crippen LogP contribution is 2.27. The average Bonchev–Trinajstić information content (AvgIpc) is 3.15. The Labute approximate surface area is 193 Å². The van der Waals surface area contributed by atoms with Crippen LogP contribution in [0.5, 0.6) is 0 Å². The predicted octanol–water partition coefficient (Wildman–Crippen LogP) is 3.47. The fraction of sp³-hybridized carbons (Fsp3) is 0.318. The standard InChI is InChI=1S/C22H23ClN2O5S2/c23-18-6-8-19(9-7-18)25(20-12-15-31(27,28)16-20)22(26)17-4-10-21(11-5-17)32(29,30)24-13-2-1-3-14-24/h4-12,15,20H,1-3,13-14,16H2/t20-/m1/s1. The lowest BCUT2D eigenvalue weighted by atomic mass is 10.1. The molecule has 1 atom stereocenters. The molecule has 1 saturated heterocycles. The van der Waals surface area contributed by atoms with Crippen molar-refractivity contribution < 1.29 is 21.6 Å². The number of sulfonamides is 1. The summed E-state index contributed by atoms with van der Waals surface area (Å²) in [5, 5.41) is 1.60. The number of halogens is 1. The number of benzene rings is 2. The van der Waals surface area contributed by atoms with E-state index in [0.29, 0.717) is 23.8 Å². The fourth-order valence-corrected chi connectivity index (χ4v) is 6.86. The molecule has 0 N–H and O–H groups in total. The number of rotatable bonds is 5. The topological polar surface area (TPSA) is 91.8 Å². The molecule has 0 unspecified atom stereocenters. The van der Waals surface area contributed by atoms with E-state index in [0.717, 1.165) is 24.7 Å². The van der Waals surface area contributed by atoms with Gasteiger partial charge in [0.25, 0.3) is 5.91 Å². The van der Waals surface area contributed by atoms with Gasteiger partial charge in [0.1, 0.15) is 0 Å². The number of anilines is 1. The summed E-state index contributed by atoms with van der Waals surface area (Å²) in [6.45, 7) is 0.992. The maximum Gasteiger partial charge on any atom is 0.258 e. The molecule has 0 bridgehead atoms. The zero-order chi connectivity index (χ0) is 22.9. The molecule has 0 aromatic heterocycles. The second-order valence-corrected chi connectivity index (χ2v) is 12.2. The predicted molar refractivity (Wildman–Crippen MR) is 124 cm³/mol. The van der Waals surface area contributed by atoms with Gasteiger partial charge in [-0.25, -0.2) is 16.8 Å². The molecule has 0 aliphatic carbocycles. The quantitative estimate of drug-likeness (QED) is 0.634. The zero-order valence-corrected chi connectivity index (χ0v) is 19.6. The molecule has 4 rings (SSSR count). The van der Waals surface area contributed by atoms with Gasteiger partial charge in [0.05, 0.1) is 16.7 Å². The van der Waals surface area contributed by atoms with Gasteiger partial charge in [-0.05, 0) is 67.4 Å². The minimum Gasteiger partial charge on any atom is -0.300 e. The number of hydrogen-bond acceptors (Lipinski definition) is 5. The molecule has 1 amide bonds. The van der Waals surface area contributed by atoms with Gasteiger partial charge in [-0.2, -0.15) is 4.31 Å². The minimum absolute atomic E-state index is 0.136.